The zero-order chi connectivity index (χ0) is 23.1. The molecule has 0 aliphatic heterocycles. The standard InChI is InChI=1S/C22H21Cl2NO6/c1-12(2)22(29)25-18-6-5-15(11-14(18)4-7-19(26)27)31-21-16(23)8-13(9-17(21)24)10-20(28)30-3/h4-9,11-12H,10H2,1-3H3,(H,25,29)(H,26,27)/b7-4+. The van der Waals surface area contributed by atoms with Gasteiger partial charge in [-0.1, -0.05) is 37.0 Å². The molecule has 31 heavy (non-hydrogen) atoms. The molecule has 0 aliphatic carbocycles. The highest BCUT2D eigenvalue weighted by Crippen LogP contribution is 2.38. The topological polar surface area (TPSA) is 102 Å². The predicted octanol–water partition coefficient (Wildman–Crippen LogP) is 5.19. The van der Waals surface area contributed by atoms with Crippen LogP contribution in [0.25, 0.3) is 6.08 Å². The van der Waals surface area contributed by atoms with Crippen molar-refractivity contribution in [3.05, 3.63) is 57.6 Å². The Morgan fingerprint density at radius 1 is 1.13 bits per heavy atom. The molecule has 1 amide bonds. The van der Waals surface area contributed by atoms with E-state index in [4.69, 9.17) is 33.0 Å². The molecule has 0 atom stereocenters. The van der Waals surface area contributed by atoms with Crippen molar-refractivity contribution in [2.45, 2.75) is 20.3 Å². The van der Waals surface area contributed by atoms with Crippen LogP contribution in [-0.4, -0.2) is 30.1 Å². The normalized spacial score (nSPS) is 10.9. The first-order valence-corrected chi connectivity index (χ1v) is 9.94. The van der Waals surface area contributed by atoms with Crippen molar-refractivity contribution in [3.63, 3.8) is 0 Å². The summed E-state index contributed by atoms with van der Waals surface area (Å²) in [5.41, 5.74) is 1.41. The summed E-state index contributed by atoms with van der Waals surface area (Å²) in [6.45, 7) is 3.49. The van der Waals surface area contributed by atoms with Crippen LogP contribution in [0.15, 0.2) is 36.4 Å². The molecule has 0 unspecified atom stereocenters. The number of nitrogens with one attached hydrogen (secondary N) is 1. The number of carboxylic acids is 1. The molecule has 0 saturated heterocycles. The smallest absolute Gasteiger partial charge is 0.328 e. The van der Waals surface area contributed by atoms with E-state index in [1.807, 2.05) is 0 Å². The summed E-state index contributed by atoms with van der Waals surface area (Å²) >= 11 is 12.6. The number of carboxylic acid groups (broad SMARTS) is 1. The molecule has 0 heterocycles. The number of ether oxygens (including phenoxy) is 2. The molecular formula is C22H21Cl2NO6. The van der Waals surface area contributed by atoms with Gasteiger partial charge in [-0.15, -0.1) is 0 Å². The van der Waals surface area contributed by atoms with E-state index in [1.54, 1.807) is 44.2 Å². The van der Waals surface area contributed by atoms with Gasteiger partial charge in [0.2, 0.25) is 5.91 Å². The Morgan fingerprint density at radius 3 is 2.32 bits per heavy atom. The molecule has 2 rings (SSSR count). The highest BCUT2D eigenvalue weighted by atomic mass is 35.5. The first-order chi connectivity index (χ1) is 14.6. The molecule has 0 radical (unpaired) electrons. The summed E-state index contributed by atoms with van der Waals surface area (Å²) in [6.07, 6.45) is 2.30. The van der Waals surface area contributed by atoms with Crippen LogP contribution in [0.3, 0.4) is 0 Å². The predicted molar refractivity (Wildman–Crippen MR) is 119 cm³/mol. The van der Waals surface area contributed by atoms with E-state index in [0.29, 0.717) is 22.6 Å². The first-order valence-electron chi connectivity index (χ1n) is 9.19. The molecular weight excluding hydrogens is 445 g/mol. The fraction of sp³-hybridized carbons (Fsp3) is 0.227. The number of rotatable bonds is 8. The molecule has 0 saturated carbocycles. The minimum Gasteiger partial charge on any atom is -0.478 e. The summed E-state index contributed by atoms with van der Waals surface area (Å²) in [6, 6.07) is 7.81. The van der Waals surface area contributed by atoms with Gasteiger partial charge in [0.25, 0.3) is 0 Å². The van der Waals surface area contributed by atoms with Crippen LogP contribution in [-0.2, 0) is 25.5 Å². The SMILES string of the molecule is COC(=O)Cc1cc(Cl)c(Oc2ccc(NC(=O)C(C)C)c(/C=C/C(=O)O)c2)c(Cl)c1. The highest BCUT2D eigenvalue weighted by molar-refractivity contribution is 6.37. The molecule has 2 N–H and O–H groups in total. The summed E-state index contributed by atoms with van der Waals surface area (Å²) in [7, 11) is 1.28. The molecule has 0 bridgehead atoms. The number of methoxy groups -OCH3 is 1. The number of anilines is 1. The molecule has 164 valence electrons. The molecule has 0 spiro atoms. The lowest BCUT2D eigenvalue weighted by Crippen LogP contribution is -2.18. The van der Waals surface area contributed by atoms with Crippen molar-refractivity contribution in [2.24, 2.45) is 5.92 Å². The molecule has 9 heteroatoms. The van der Waals surface area contributed by atoms with E-state index in [1.165, 1.54) is 13.2 Å². The number of halogens is 2. The molecule has 2 aromatic carbocycles. The van der Waals surface area contributed by atoms with Crippen LogP contribution < -0.4 is 10.1 Å². The molecule has 2 aromatic rings. The van der Waals surface area contributed by atoms with Gasteiger partial charge in [0.15, 0.2) is 5.75 Å². The molecule has 0 aliphatic rings. The number of esters is 1. The maximum Gasteiger partial charge on any atom is 0.328 e. The van der Waals surface area contributed by atoms with Crippen molar-refractivity contribution in [1.29, 1.82) is 0 Å². The number of hydrogen-bond donors (Lipinski definition) is 2. The number of aliphatic carboxylic acids is 1. The van der Waals surface area contributed by atoms with Gasteiger partial charge in [0.1, 0.15) is 5.75 Å². The third kappa shape index (κ3) is 7.01. The van der Waals surface area contributed by atoms with Gasteiger partial charge in [-0.05, 0) is 42.0 Å². The van der Waals surface area contributed by atoms with Crippen LogP contribution in [0.5, 0.6) is 11.5 Å². The van der Waals surface area contributed by atoms with E-state index in [2.05, 4.69) is 10.1 Å². The van der Waals surface area contributed by atoms with Gasteiger partial charge < -0.3 is 19.9 Å². The Kier molecular flexibility index (Phi) is 8.47. The zero-order valence-electron chi connectivity index (χ0n) is 17.1. The van der Waals surface area contributed by atoms with E-state index in [0.717, 1.165) is 6.08 Å². The average Bonchev–Trinajstić information content (AvgIpc) is 2.70. The third-order valence-corrected chi connectivity index (χ3v) is 4.63. The second kappa shape index (κ2) is 10.8. The summed E-state index contributed by atoms with van der Waals surface area (Å²) < 4.78 is 10.4. The largest absolute Gasteiger partial charge is 0.478 e. The van der Waals surface area contributed by atoms with E-state index in [-0.39, 0.29) is 34.0 Å². The minimum atomic E-state index is -1.14. The number of amides is 1. The van der Waals surface area contributed by atoms with Gasteiger partial charge in [0, 0.05) is 23.2 Å². The van der Waals surface area contributed by atoms with Crippen LogP contribution >= 0.6 is 23.2 Å². The monoisotopic (exact) mass is 465 g/mol. The minimum absolute atomic E-state index is 0.00456. The number of carbonyl (C=O) groups is 3. The van der Waals surface area contributed by atoms with Gasteiger partial charge in [0.05, 0.1) is 23.6 Å². The first kappa shape index (κ1) is 24.2. The van der Waals surface area contributed by atoms with Crippen LogP contribution in [0.1, 0.15) is 25.0 Å². The number of benzene rings is 2. The molecule has 7 nitrogen and oxygen atoms in total. The van der Waals surface area contributed by atoms with Gasteiger partial charge in [-0.25, -0.2) is 4.79 Å². The Morgan fingerprint density at radius 2 is 1.77 bits per heavy atom. The zero-order valence-corrected chi connectivity index (χ0v) is 18.6. The lowest BCUT2D eigenvalue weighted by molar-refractivity contribution is -0.139. The second-order valence-corrected chi connectivity index (χ2v) is 7.62. The lowest BCUT2D eigenvalue weighted by atomic mass is 10.1. The van der Waals surface area contributed by atoms with Gasteiger partial charge in [-0.2, -0.15) is 0 Å². The van der Waals surface area contributed by atoms with Crippen molar-refractivity contribution in [1.82, 2.24) is 0 Å². The maximum absolute atomic E-state index is 12.0. The fourth-order valence-electron chi connectivity index (χ4n) is 2.46. The van der Waals surface area contributed by atoms with Crippen LogP contribution in [0.2, 0.25) is 10.0 Å². The van der Waals surface area contributed by atoms with Crippen LogP contribution in [0, 0.1) is 5.92 Å². The van der Waals surface area contributed by atoms with Gasteiger partial charge >= 0.3 is 11.9 Å². The Hall–Kier alpha value is -3.03. The van der Waals surface area contributed by atoms with E-state index < -0.39 is 11.9 Å². The van der Waals surface area contributed by atoms with Crippen molar-refractivity contribution in [3.8, 4) is 11.5 Å². The highest BCUT2D eigenvalue weighted by Gasteiger charge is 2.15. The molecule has 0 aromatic heterocycles. The summed E-state index contributed by atoms with van der Waals surface area (Å²) in [5.74, 6) is -1.56. The maximum atomic E-state index is 12.0. The number of carbonyl (C=O) groups excluding carboxylic acids is 2. The Labute approximate surface area is 189 Å². The van der Waals surface area contributed by atoms with Crippen LogP contribution in [0.4, 0.5) is 5.69 Å². The fourth-order valence-corrected chi connectivity index (χ4v) is 3.07. The van der Waals surface area contributed by atoms with Gasteiger partial charge in [-0.3, -0.25) is 9.59 Å². The Bertz CT molecular complexity index is 1010. The van der Waals surface area contributed by atoms with Crippen molar-refractivity contribution in [2.75, 3.05) is 12.4 Å². The second-order valence-electron chi connectivity index (χ2n) is 6.81. The summed E-state index contributed by atoms with van der Waals surface area (Å²) in [4.78, 5) is 34.4. The van der Waals surface area contributed by atoms with E-state index >= 15 is 0 Å². The molecule has 0 fully saturated rings. The number of hydrogen-bond acceptors (Lipinski definition) is 5. The Balaban J connectivity index is 2.36. The lowest BCUT2D eigenvalue weighted by Gasteiger charge is -2.15. The third-order valence-electron chi connectivity index (χ3n) is 4.06. The average molecular weight is 466 g/mol. The van der Waals surface area contributed by atoms with E-state index in [9.17, 15) is 14.4 Å². The quantitative estimate of drug-likeness (QED) is 0.410. The van der Waals surface area contributed by atoms with Crippen molar-refractivity contribution >= 4 is 52.8 Å². The summed E-state index contributed by atoms with van der Waals surface area (Å²) in [5, 5.41) is 12.1. The van der Waals surface area contributed by atoms with Crippen molar-refractivity contribution < 1.29 is 29.0 Å².